The van der Waals surface area contributed by atoms with Crippen LogP contribution in [0.5, 0.6) is 0 Å². The second-order valence-electron chi connectivity index (χ2n) is 9.23. The molecule has 9 nitrogen and oxygen atoms in total. The fourth-order valence-corrected chi connectivity index (χ4v) is 5.90. The van der Waals surface area contributed by atoms with E-state index >= 15 is 0 Å². The molecule has 1 N–H and O–H groups in total. The van der Waals surface area contributed by atoms with E-state index in [4.69, 9.17) is 0 Å². The van der Waals surface area contributed by atoms with Crippen molar-refractivity contribution in [2.75, 3.05) is 13.1 Å². The molecular weight excluding hydrogens is 478 g/mol. The first-order chi connectivity index (χ1) is 17.2. The number of nitrogens with zero attached hydrogens (tertiary/aromatic N) is 4. The Labute approximate surface area is 211 Å². The first kappa shape index (κ1) is 25.6. The molecule has 2 amide bonds. The fourth-order valence-electron chi connectivity index (χ4n) is 4.36. The number of carbonyl (C=O) groups is 2. The van der Waals surface area contributed by atoms with Crippen molar-refractivity contribution in [3.8, 4) is 5.69 Å². The molecule has 2 heterocycles. The maximum atomic E-state index is 13.4. The molecule has 1 saturated heterocycles. The number of hydrogen-bond acceptors (Lipinski definition) is 5. The van der Waals surface area contributed by atoms with Crippen molar-refractivity contribution in [2.45, 2.75) is 44.3 Å². The highest BCUT2D eigenvalue weighted by Gasteiger charge is 2.43. The van der Waals surface area contributed by atoms with Gasteiger partial charge in [0.05, 0.1) is 10.6 Å². The summed E-state index contributed by atoms with van der Waals surface area (Å²) in [6, 6.07) is 16.2. The van der Waals surface area contributed by atoms with Gasteiger partial charge in [-0.15, -0.1) is 0 Å². The molecule has 1 aliphatic rings. The summed E-state index contributed by atoms with van der Waals surface area (Å²) in [6.45, 7) is 5.59. The second kappa shape index (κ2) is 10.6. The molecule has 4 rings (SSSR count). The predicted molar refractivity (Wildman–Crippen MR) is 136 cm³/mol. The number of hydrogen-bond donors (Lipinski definition) is 1. The maximum absolute atomic E-state index is 13.4. The molecular formula is C26H31N5O4S. The summed E-state index contributed by atoms with van der Waals surface area (Å²) in [6.07, 6.45) is 3.54. The molecule has 0 bridgehead atoms. The van der Waals surface area contributed by atoms with E-state index in [1.165, 1.54) is 21.3 Å². The highest BCUT2D eigenvalue weighted by Crippen LogP contribution is 2.25. The zero-order chi connectivity index (χ0) is 25.9. The highest BCUT2D eigenvalue weighted by atomic mass is 32.2. The van der Waals surface area contributed by atoms with Crippen LogP contribution in [0.2, 0.25) is 0 Å². The fraction of sp³-hybridized carbons (Fsp3) is 0.346. The highest BCUT2D eigenvalue weighted by molar-refractivity contribution is 7.89. The van der Waals surface area contributed by atoms with Gasteiger partial charge in [-0.1, -0.05) is 44.2 Å². The van der Waals surface area contributed by atoms with Gasteiger partial charge in [-0.05, 0) is 42.8 Å². The van der Waals surface area contributed by atoms with Crippen molar-refractivity contribution in [3.05, 3.63) is 78.6 Å². The van der Waals surface area contributed by atoms with Gasteiger partial charge < -0.3 is 10.2 Å². The number of carbonyl (C=O) groups excluding carboxylic acids is 2. The van der Waals surface area contributed by atoms with E-state index < -0.39 is 22.1 Å². The number of benzene rings is 2. The number of nitrogens with one attached hydrogen (secondary N) is 1. The molecule has 1 aromatic heterocycles. The van der Waals surface area contributed by atoms with Gasteiger partial charge in [0, 0.05) is 44.0 Å². The van der Waals surface area contributed by atoms with E-state index in [2.05, 4.69) is 10.4 Å². The average molecular weight is 510 g/mol. The van der Waals surface area contributed by atoms with Crippen LogP contribution in [0.15, 0.2) is 78.0 Å². The lowest BCUT2D eigenvalue weighted by atomic mass is 10.0. The lowest BCUT2D eigenvalue weighted by Crippen LogP contribution is -2.65. The molecule has 2 aromatic carbocycles. The third-order valence-corrected chi connectivity index (χ3v) is 8.10. The van der Waals surface area contributed by atoms with E-state index in [-0.39, 0.29) is 42.3 Å². The summed E-state index contributed by atoms with van der Waals surface area (Å²) in [7, 11) is -3.82. The van der Waals surface area contributed by atoms with E-state index in [1.54, 1.807) is 49.8 Å². The molecule has 0 unspecified atom stereocenters. The molecule has 0 radical (unpaired) electrons. The van der Waals surface area contributed by atoms with Gasteiger partial charge in [0.15, 0.2) is 0 Å². The smallest absolute Gasteiger partial charge is 0.244 e. The second-order valence-corrected chi connectivity index (χ2v) is 11.2. The van der Waals surface area contributed by atoms with E-state index in [0.29, 0.717) is 0 Å². The van der Waals surface area contributed by atoms with Crippen molar-refractivity contribution >= 4 is 21.8 Å². The number of piperazine rings is 1. The maximum Gasteiger partial charge on any atom is 0.244 e. The summed E-state index contributed by atoms with van der Waals surface area (Å²) >= 11 is 0. The van der Waals surface area contributed by atoms with Gasteiger partial charge in [-0.25, -0.2) is 13.1 Å². The third kappa shape index (κ3) is 5.34. The molecule has 1 aliphatic heterocycles. The largest absolute Gasteiger partial charge is 0.350 e. The summed E-state index contributed by atoms with van der Waals surface area (Å²) in [5, 5.41) is 7.10. The normalized spacial score (nSPS) is 18.8. The van der Waals surface area contributed by atoms with E-state index in [1.807, 2.05) is 36.5 Å². The monoisotopic (exact) mass is 509 g/mol. The zero-order valence-electron chi connectivity index (χ0n) is 20.6. The van der Waals surface area contributed by atoms with Gasteiger partial charge in [0.25, 0.3) is 0 Å². The van der Waals surface area contributed by atoms with Gasteiger partial charge >= 0.3 is 0 Å². The SMILES string of the molecule is CC(C)C(=O)N1[C@H](C)CN(S(=O)(=O)c2ccccc2)C[C@@H]1C(=O)NCc1ccc(-n2cccn2)cc1. The summed E-state index contributed by atoms with van der Waals surface area (Å²) < 4.78 is 29.7. The van der Waals surface area contributed by atoms with Gasteiger partial charge in [0.2, 0.25) is 21.8 Å². The van der Waals surface area contributed by atoms with Crippen LogP contribution in [0.4, 0.5) is 0 Å². The molecule has 0 aliphatic carbocycles. The minimum atomic E-state index is -3.82. The van der Waals surface area contributed by atoms with Crippen LogP contribution < -0.4 is 5.32 Å². The first-order valence-corrected chi connectivity index (χ1v) is 13.4. The Kier molecular flexibility index (Phi) is 7.56. The van der Waals surface area contributed by atoms with Crippen LogP contribution >= 0.6 is 0 Å². The quantitative estimate of drug-likeness (QED) is 0.527. The average Bonchev–Trinajstić information content (AvgIpc) is 3.42. The standard InChI is InChI=1S/C26H31N5O4S/c1-19(2)26(33)31-20(3)17-29(36(34,35)23-8-5-4-6-9-23)18-24(31)25(32)27-16-21-10-12-22(13-11-21)30-15-7-14-28-30/h4-15,19-20,24H,16-18H2,1-3H3,(H,27,32)/t20-,24-/m1/s1. The van der Waals surface area contributed by atoms with Crippen LogP contribution in [0, 0.1) is 5.92 Å². The minimum absolute atomic E-state index is 0.107. The predicted octanol–water partition coefficient (Wildman–Crippen LogP) is 2.43. The van der Waals surface area contributed by atoms with E-state index in [0.717, 1.165) is 11.3 Å². The van der Waals surface area contributed by atoms with Crippen molar-refractivity contribution in [1.82, 2.24) is 24.3 Å². The van der Waals surface area contributed by atoms with Crippen LogP contribution in [-0.4, -0.2) is 64.4 Å². The summed E-state index contributed by atoms with van der Waals surface area (Å²) in [5.74, 6) is -0.891. The summed E-state index contributed by atoms with van der Waals surface area (Å²) in [4.78, 5) is 28.1. The van der Waals surface area contributed by atoms with Crippen LogP contribution in [-0.2, 0) is 26.2 Å². The molecule has 190 valence electrons. The Morgan fingerprint density at radius 1 is 1.03 bits per heavy atom. The molecule has 10 heteroatoms. The Hall–Kier alpha value is -3.50. The number of amides is 2. The topological polar surface area (TPSA) is 105 Å². The Morgan fingerprint density at radius 3 is 2.33 bits per heavy atom. The molecule has 0 spiro atoms. The molecule has 1 fully saturated rings. The lowest BCUT2D eigenvalue weighted by molar-refractivity contribution is -0.148. The number of sulfonamides is 1. The first-order valence-electron chi connectivity index (χ1n) is 11.9. The molecule has 36 heavy (non-hydrogen) atoms. The Bertz CT molecular complexity index is 1290. The van der Waals surface area contributed by atoms with Gasteiger partial charge in [-0.2, -0.15) is 9.40 Å². The molecule has 3 aromatic rings. The van der Waals surface area contributed by atoms with Crippen LogP contribution in [0.3, 0.4) is 0 Å². The van der Waals surface area contributed by atoms with Crippen molar-refractivity contribution in [1.29, 1.82) is 0 Å². The number of aromatic nitrogens is 2. The van der Waals surface area contributed by atoms with Crippen molar-refractivity contribution in [2.24, 2.45) is 5.92 Å². The minimum Gasteiger partial charge on any atom is -0.350 e. The van der Waals surface area contributed by atoms with Gasteiger partial charge in [0.1, 0.15) is 6.04 Å². The molecule has 0 saturated carbocycles. The van der Waals surface area contributed by atoms with Crippen molar-refractivity contribution in [3.63, 3.8) is 0 Å². The van der Waals surface area contributed by atoms with Gasteiger partial charge in [-0.3, -0.25) is 9.59 Å². The zero-order valence-corrected chi connectivity index (χ0v) is 21.4. The Morgan fingerprint density at radius 2 is 1.72 bits per heavy atom. The molecule has 2 atom stereocenters. The van der Waals surface area contributed by atoms with Crippen LogP contribution in [0.25, 0.3) is 5.69 Å². The summed E-state index contributed by atoms with van der Waals surface area (Å²) in [5.41, 5.74) is 1.77. The van der Waals surface area contributed by atoms with E-state index in [9.17, 15) is 18.0 Å². The third-order valence-electron chi connectivity index (χ3n) is 6.26. The van der Waals surface area contributed by atoms with Crippen LogP contribution in [0.1, 0.15) is 26.3 Å². The van der Waals surface area contributed by atoms with Crippen molar-refractivity contribution < 1.29 is 18.0 Å². The number of rotatable bonds is 7. The Balaban J connectivity index is 1.53. The lowest BCUT2D eigenvalue weighted by Gasteiger charge is -2.44.